The van der Waals surface area contributed by atoms with E-state index >= 15 is 0 Å². The number of unbranched alkanes of at least 4 members (excludes halogenated alkanes) is 51. The Bertz CT molecular complexity index is 2110. The number of carbonyl (C=O) groups excluding carboxylic acids is 4. The first-order chi connectivity index (χ1) is 52.7. The molecule has 0 saturated carbocycles. The van der Waals surface area contributed by atoms with Gasteiger partial charge in [-0.2, -0.15) is 0 Å². The molecule has 3 N–H and O–H groups in total. The molecule has 0 aliphatic carbocycles. The molecular formula is C90H176O17P2. The summed E-state index contributed by atoms with van der Waals surface area (Å²) in [5.74, 6) is 1.13. The average Bonchev–Trinajstić information content (AvgIpc) is 0.899. The monoisotopic (exact) mass is 1590 g/mol. The molecule has 0 amide bonds. The lowest BCUT2D eigenvalue weighted by molar-refractivity contribution is -0.161. The molecule has 0 bridgehead atoms. The molecule has 0 saturated heterocycles. The Balaban J connectivity index is 5.22. The van der Waals surface area contributed by atoms with Crippen molar-refractivity contribution in [2.45, 2.75) is 491 Å². The van der Waals surface area contributed by atoms with E-state index in [1.807, 2.05) is 0 Å². The SMILES string of the molecule is CCC(C)CCCCCCCCCCCCCCCCCCCCC(=O)OC[C@H](COP(=O)(O)OCC(O)COP(=O)(O)OC[C@@H](COC(=O)CCCCCCCCCC(C)C)OC(=O)CCCCCCCCCCCCCCCCC(C)CC)OC(=O)CCCCCCCCCCCCCCCCCCC(C)C. The normalized spacial score (nSPS) is 14.4. The third-order valence-corrected chi connectivity index (χ3v) is 23.7. The van der Waals surface area contributed by atoms with Gasteiger partial charge in [0, 0.05) is 25.7 Å². The Hall–Kier alpha value is -1.94. The molecule has 0 rings (SSSR count). The summed E-state index contributed by atoms with van der Waals surface area (Å²) in [4.78, 5) is 73.3. The third-order valence-electron chi connectivity index (χ3n) is 21.8. The summed E-state index contributed by atoms with van der Waals surface area (Å²) >= 11 is 0. The molecular weight excluding hydrogens is 1410 g/mol. The van der Waals surface area contributed by atoms with Crippen molar-refractivity contribution in [2.24, 2.45) is 23.7 Å². The van der Waals surface area contributed by atoms with Gasteiger partial charge in [-0.15, -0.1) is 0 Å². The quantitative estimate of drug-likeness (QED) is 0.0222. The number of rotatable bonds is 87. The molecule has 0 spiro atoms. The maximum atomic E-state index is 13.2. The molecule has 5 unspecified atom stereocenters. The minimum Gasteiger partial charge on any atom is -0.462 e. The molecule has 0 aromatic heterocycles. The number of aliphatic hydroxyl groups is 1. The largest absolute Gasteiger partial charge is 0.472 e. The third kappa shape index (κ3) is 81.0. The van der Waals surface area contributed by atoms with E-state index in [1.165, 1.54) is 270 Å². The molecule has 0 aliphatic heterocycles. The Morgan fingerprint density at radius 2 is 0.440 bits per heavy atom. The smallest absolute Gasteiger partial charge is 0.462 e. The molecule has 0 aromatic carbocycles. The van der Waals surface area contributed by atoms with Crippen molar-refractivity contribution in [1.29, 1.82) is 0 Å². The average molecular weight is 1590 g/mol. The van der Waals surface area contributed by atoms with Gasteiger partial charge in [-0.1, -0.05) is 421 Å². The summed E-state index contributed by atoms with van der Waals surface area (Å²) in [5, 5.41) is 10.7. The van der Waals surface area contributed by atoms with Gasteiger partial charge in [0.15, 0.2) is 12.2 Å². The fourth-order valence-corrected chi connectivity index (χ4v) is 15.5. The van der Waals surface area contributed by atoms with E-state index in [4.69, 9.17) is 37.0 Å². The first-order valence-corrected chi connectivity index (χ1v) is 49.3. The minimum atomic E-state index is -4.97. The molecule has 0 radical (unpaired) electrons. The summed E-state index contributed by atoms with van der Waals surface area (Å²) in [7, 11) is -9.94. The van der Waals surface area contributed by atoms with Gasteiger partial charge in [-0.3, -0.25) is 37.3 Å². The molecule has 109 heavy (non-hydrogen) atoms. The molecule has 7 atom stereocenters. The lowest BCUT2D eigenvalue weighted by atomic mass is 9.99. The van der Waals surface area contributed by atoms with Crippen LogP contribution in [0.15, 0.2) is 0 Å². The highest BCUT2D eigenvalue weighted by atomic mass is 31.2. The fourth-order valence-electron chi connectivity index (χ4n) is 14.0. The number of ether oxygens (including phenoxy) is 4. The van der Waals surface area contributed by atoms with Crippen molar-refractivity contribution in [2.75, 3.05) is 39.6 Å². The van der Waals surface area contributed by atoms with Crippen LogP contribution in [0.3, 0.4) is 0 Å². The highest BCUT2D eigenvalue weighted by molar-refractivity contribution is 7.47. The Labute approximate surface area is 670 Å². The van der Waals surface area contributed by atoms with E-state index in [0.29, 0.717) is 31.6 Å². The maximum Gasteiger partial charge on any atom is 0.472 e. The zero-order chi connectivity index (χ0) is 80.2. The van der Waals surface area contributed by atoms with Crippen LogP contribution in [0.25, 0.3) is 0 Å². The summed E-state index contributed by atoms with van der Waals surface area (Å²) in [6.45, 7) is 14.4. The highest BCUT2D eigenvalue weighted by Gasteiger charge is 2.31. The van der Waals surface area contributed by atoms with Gasteiger partial charge in [0.2, 0.25) is 0 Å². The standard InChI is InChI=1S/C90H176O17P2/c1-9-82(7)68-60-52-44-36-30-24-18-13-11-12-14-19-26-32-38-46-54-62-70-87(92)100-76-85(106-89(94)72-64-56-47-39-33-27-20-16-15-17-23-29-35-42-50-58-66-80(3)4)78-104-108(96,97)102-74-84(91)75-103-109(98,99)105-79-86(77-101-88(93)71-63-55-49-41-43-51-59-67-81(5)6)107-90(95)73-65-57-48-40-34-28-22-21-25-31-37-45-53-61-69-83(8)10-2/h80-86,91H,9-79H2,1-8H3,(H,96,97)(H,98,99)/t82?,83?,84?,85-,86-/m1/s1. The van der Waals surface area contributed by atoms with Gasteiger partial charge < -0.3 is 33.8 Å². The Morgan fingerprint density at radius 1 is 0.257 bits per heavy atom. The van der Waals surface area contributed by atoms with Crippen molar-refractivity contribution >= 4 is 39.5 Å². The zero-order valence-corrected chi connectivity index (χ0v) is 74.0. The van der Waals surface area contributed by atoms with Crippen LogP contribution in [-0.2, 0) is 65.4 Å². The van der Waals surface area contributed by atoms with Gasteiger partial charge >= 0.3 is 39.5 Å². The second-order valence-electron chi connectivity index (χ2n) is 33.8. The molecule has 17 nitrogen and oxygen atoms in total. The molecule has 0 aliphatic rings. The maximum absolute atomic E-state index is 13.2. The van der Waals surface area contributed by atoms with Gasteiger partial charge in [0.25, 0.3) is 0 Å². The van der Waals surface area contributed by atoms with Crippen LogP contribution in [-0.4, -0.2) is 96.7 Å². The van der Waals surface area contributed by atoms with E-state index in [1.54, 1.807) is 0 Å². The van der Waals surface area contributed by atoms with Crippen LogP contribution < -0.4 is 0 Å². The molecule has 648 valence electrons. The number of phosphoric acid groups is 2. The van der Waals surface area contributed by atoms with E-state index < -0.39 is 97.5 Å². The highest BCUT2D eigenvalue weighted by Crippen LogP contribution is 2.45. The van der Waals surface area contributed by atoms with Crippen molar-refractivity contribution < 1.29 is 80.2 Å². The van der Waals surface area contributed by atoms with Crippen molar-refractivity contribution in [3.8, 4) is 0 Å². The number of phosphoric ester groups is 2. The number of carbonyl (C=O) groups is 4. The number of hydrogen-bond donors (Lipinski definition) is 3. The van der Waals surface area contributed by atoms with E-state index in [0.717, 1.165) is 114 Å². The van der Waals surface area contributed by atoms with Crippen LogP contribution >= 0.6 is 15.6 Å². The van der Waals surface area contributed by atoms with Gasteiger partial charge in [-0.05, 0) is 49.4 Å². The summed E-state index contributed by atoms with van der Waals surface area (Å²) in [5.41, 5.74) is 0. The fraction of sp³-hybridized carbons (Fsp3) is 0.956. The van der Waals surface area contributed by atoms with Crippen LogP contribution in [0.5, 0.6) is 0 Å². The number of esters is 4. The summed E-state index contributed by atoms with van der Waals surface area (Å²) in [6, 6.07) is 0. The lowest BCUT2D eigenvalue weighted by Gasteiger charge is -2.21. The first kappa shape index (κ1) is 107. The topological polar surface area (TPSA) is 237 Å². The van der Waals surface area contributed by atoms with Gasteiger partial charge in [0.1, 0.15) is 19.3 Å². The van der Waals surface area contributed by atoms with E-state index in [-0.39, 0.29) is 25.7 Å². The van der Waals surface area contributed by atoms with Crippen molar-refractivity contribution in [1.82, 2.24) is 0 Å². The zero-order valence-electron chi connectivity index (χ0n) is 72.2. The van der Waals surface area contributed by atoms with Gasteiger partial charge in [0.05, 0.1) is 26.4 Å². The second kappa shape index (κ2) is 78.6. The summed E-state index contributed by atoms with van der Waals surface area (Å²) in [6.07, 6.45) is 69.5. The van der Waals surface area contributed by atoms with Crippen LogP contribution in [0.2, 0.25) is 0 Å². The van der Waals surface area contributed by atoms with Crippen molar-refractivity contribution in [3.63, 3.8) is 0 Å². The number of hydrogen-bond acceptors (Lipinski definition) is 15. The molecule has 0 heterocycles. The van der Waals surface area contributed by atoms with Gasteiger partial charge in [-0.25, -0.2) is 9.13 Å². The van der Waals surface area contributed by atoms with Crippen LogP contribution in [0.4, 0.5) is 0 Å². The first-order valence-electron chi connectivity index (χ1n) is 46.3. The Kier molecular flexibility index (Phi) is 77.2. The predicted molar refractivity (Wildman–Crippen MR) is 451 cm³/mol. The Morgan fingerprint density at radius 3 is 0.651 bits per heavy atom. The second-order valence-corrected chi connectivity index (χ2v) is 36.7. The van der Waals surface area contributed by atoms with E-state index in [2.05, 4.69) is 55.4 Å². The minimum absolute atomic E-state index is 0.107. The molecule has 19 heteroatoms. The molecule has 0 aromatic rings. The lowest BCUT2D eigenvalue weighted by Crippen LogP contribution is -2.30. The van der Waals surface area contributed by atoms with Crippen LogP contribution in [0, 0.1) is 23.7 Å². The predicted octanol–water partition coefficient (Wildman–Crippen LogP) is 27.5. The molecule has 0 fully saturated rings. The van der Waals surface area contributed by atoms with E-state index in [9.17, 15) is 43.2 Å². The summed E-state index contributed by atoms with van der Waals surface area (Å²) < 4.78 is 69.0. The number of aliphatic hydroxyl groups excluding tert-OH is 1. The van der Waals surface area contributed by atoms with Crippen molar-refractivity contribution in [3.05, 3.63) is 0 Å². The van der Waals surface area contributed by atoms with Crippen LogP contribution in [0.1, 0.15) is 473 Å².